The van der Waals surface area contributed by atoms with E-state index in [9.17, 15) is 10.1 Å². The Balaban J connectivity index is 2.83. The fourth-order valence-corrected chi connectivity index (χ4v) is 3.99. The topological polar surface area (TPSA) is 90.2 Å². The Kier molecular flexibility index (Phi) is 6.52. The molecule has 0 aliphatic heterocycles. The summed E-state index contributed by atoms with van der Waals surface area (Å²) in [6.45, 7) is 5.18. The molecule has 0 amide bonds. The maximum absolute atomic E-state index is 11.6. The Morgan fingerprint density at radius 2 is 2.17 bits per heavy atom. The molecule has 0 saturated carbocycles. The molecule has 1 aromatic heterocycles. The molecule has 0 aliphatic rings. The molecule has 0 radical (unpaired) electrons. The molecule has 2 N–H and O–H groups in total. The molecule has 1 aromatic carbocycles. The Bertz CT molecular complexity index is 759. The second kappa shape index (κ2) is 8.03. The lowest BCUT2D eigenvalue weighted by atomic mass is 10.2. The maximum Gasteiger partial charge on any atom is 0.312 e. The predicted octanol–water partition coefficient (Wildman–Crippen LogP) is 4.14. The molecule has 10 heteroatoms. The van der Waals surface area contributed by atoms with Gasteiger partial charge in [-0.25, -0.2) is 4.98 Å². The maximum atomic E-state index is 11.6. The van der Waals surface area contributed by atoms with Gasteiger partial charge in [0.1, 0.15) is 4.47 Å². The van der Waals surface area contributed by atoms with Crippen molar-refractivity contribution in [1.82, 2.24) is 9.55 Å². The van der Waals surface area contributed by atoms with Crippen LogP contribution in [0.3, 0.4) is 0 Å². The van der Waals surface area contributed by atoms with Crippen LogP contribution in [-0.4, -0.2) is 39.7 Å². The molecule has 0 bridgehead atoms. The second-order valence-corrected chi connectivity index (χ2v) is 7.97. The van der Waals surface area contributed by atoms with Gasteiger partial charge in [0.2, 0.25) is 5.95 Å². The van der Waals surface area contributed by atoms with Gasteiger partial charge < -0.3 is 15.2 Å². The first kappa shape index (κ1) is 19.5. The van der Waals surface area contributed by atoms with E-state index in [0.29, 0.717) is 39.4 Å². The minimum Gasteiger partial charge on any atom is -0.332 e. The third-order valence-electron chi connectivity index (χ3n) is 3.50. The zero-order valence-electron chi connectivity index (χ0n) is 13.6. The van der Waals surface area contributed by atoms with E-state index in [0.717, 1.165) is 5.52 Å². The average Bonchev–Trinajstić information content (AvgIpc) is 2.86. The monoisotopic (exact) mass is 479 g/mol. The number of anilines is 1. The van der Waals surface area contributed by atoms with Crippen molar-refractivity contribution in [1.29, 1.82) is 0 Å². The van der Waals surface area contributed by atoms with Crippen molar-refractivity contribution in [3.8, 4) is 0 Å². The molecular formula is C14H19Br2N5O2S. The van der Waals surface area contributed by atoms with Gasteiger partial charge in [0, 0.05) is 23.6 Å². The number of halogens is 2. The van der Waals surface area contributed by atoms with Crippen LogP contribution in [-0.2, 0) is 0 Å². The molecule has 0 fully saturated rings. The molecule has 2 aromatic rings. The lowest BCUT2D eigenvalue weighted by Crippen LogP contribution is -2.31. The van der Waals surface area contributed by atoms with Crippen LogP contribution in [0, 0.1) is 10.1 Å². The quantitative estimate of drug-likeness (QED) is 0.364. The minimum absolute atomic E-state index is 0.0307. The predicted molar refractivity (Wildman–Crippen MR) is 107 cm³/mol. The summed E-state index contributed by atoms with van der Waals surface area (Å²) in [4.78, 5) is 17.8. The van der Waals surface area contributed by atoms with Crippen LogP contribution in [0.25, 0.3) is 11.0 Å². The largest absolute Gasteiger partial charge is 0.332 e. The number of nitro benzene ring substituents is 1. The van der Waals surface area contributed by atoms with Crippen LogP contribution in [0.2, 0.25) is 0 Å². The number of aromatic nitrogens is 2. The molecule has 0 aliphatic carbocycles. The zero-order chi connectivity index (χ0) is 18.0. The summed E-state index contributed by atoms with van der Waals surface area (Å²) in [5.74, 6) is 1.41. The van der Waals surface area contributed by atoms with Crippen molar-refractivity contribution >= 4 is 66.3 Å². The highest BCUT2D eigenvalue weighted by molar-refractivity contribution is 9.13. The highest BCUT2D eigenvalue weighted by Gasteiger charge is 2.28. The first-order valence-corrected chi connectivity index (χ1v) is 10.3. The van der Waals surface area contributed by atoms with E-state index < -0.39 is 4.92 Å². The SMILES string of the molecule is CSCN(CCN)c1nc2c([N+](=O)[O-])c(Br)c(Br)cc2n1C(C)C. The molecule has 1 heterocycles. The highest BCUT2D eigenvalue weighted by Crippen LogP contribution is 2.41. The van der Waals surface area contributed by atoms with E-state index in [1.807, 2.05) is 30.7 Å². The summed E-state index contributed by atoms with van der Waals surface area (Å²) < 4.78 is 3.05. The van der Waals surface area contributed by atoms with E-state index in [1.165, 1.54) is 0 Å². The Hall–Kier alpha value is -0.840. The molecule has 2 rings (SSSR count). The van der Waals surface area contributed by atoms with E-state index in [1.54, 1.807) is 11.8 Å². The number of hydrogen-bond acceptors (Lipinski definition) is 6. The van der Waals surface area contributed by atoms with Crippen LogP contribution in [0.4, 0.5) is 11.6 Å². The Morgan fingerprint density at radius 3 is 2.67 bits per heavy atom. The van der Waals surface area contributed by atoms with Crippen molar-refractivity contribution in [2.24, 2.45) is 5.73 Å². The fraction of sp³-hybridized carbons (Fsp3) is 0.500. The first-order chi connectivity index (χ1) is 11.3. The van der Waals surface area contributed by atoms with E-state index in [-0.39, 0.29) is 11.7 Å². The zero-order valence-corrected chi connectivity index (χ0v) is 17.6. The van der Waals surface area contributed by atoms with Gasteiger partial charge >= 0.3 is 5.69 Å². The molecule has 7 nitrogen and oxygen atoms in total. The van der Waals surface area contributed by atoms with Gasteiger partial charge in [-0.15, -0.1) is 11.8 Å². The number of nitrogens with zero attached hydrogens (tertiary/aromatic N) is 4. The Labute approximate surface area is 161 Å². The van der Waals surface area contributed by atoms with Crippen LogP contribution in [0.1, 0.15) is 19.9 Å². The summed E-state index contributed by atoms with van der Waals surface area (Å²) in [7, 11) is 0. The number of rotatable bonds is 7. The Morgan fingerprint density at radius 1 is 1.50 bits per heavy atom. The fourth-order valence-electron chi connectivity index (χ4n) is 2.58. The second-order valence-electron chi connectivity index (χ2n) is 5.49. The third-order valence-corrected chi connectivity index (χ3v) is 6.03. The van der Waals surface area contributed by atoms with Gasteiger partial charge in [-0.3, -0.25) is 10.1 Å². The van der Waals surface area contributed by atoms with Crippen molar-refractivity contribution in [2.75, 3.05) is 30.1 Å². The summed E-state index contributed by atoms with van der Waals surface area (Å²) in [5, 5.41) is 11.6. The lowest BCUT2D eigenvalue weighted by molar-refractivity contribution is -0.384. The van der Waals surface area contributed by atoms with Crippen LogP contribution >= 0.6 is 43.6 Å². The molecular weight excluding hydrogens is 462 g/mol. The summed E-state index contributed by atoms with van der Waals surface area (Å²) in [5.41, 5.74) is 6.81. The summed E-state index contributed by atoms with van der Waals surface area (Å²) in [6, 6.07) is 1.96. The highest BCUT2D eigenvalue weighted by atomic mass is 79.9. The van der Waals surface area contributed by atoms with Gasteiger partial charge in [0.05, 0.1) is 16.3 Å². The number of thioether (sulfide) groups is 1. The summed E-state index contributed by atoms with van der Waals surface area (Å²) in [6.07, 6.45) is 2.00. The van der Waals surface area contributed by atoms with Crippen molar-refractivity contribution < 1.29 is 4.92 Å². The normalized spacial score (nSPS) is 11.5. The third kappa shape index (κ3) is 3.56. The van der Waals surface area contributed by atoms with Crippen LogP contribution < -0.4 is 10.6 Å². The van der Waals surface area contributed by atoms with Crippen LogP contribution in [0.15, 0.2) is 15.0 Å². The van der Waals surface area contributed by atoms with Gasteiger partial charge in [-0.2, -0.15) is 0 Å². The number of nitrogens with two attached hydrogens (primary N) is 1. The molecule has 0 saturated heterocycles. The molecule has 24 heavy (non-hydrogen) atoms. The van der Waals surface area contributed by atoms with Gasteiger partial charge in [0.15, 0.2) is 5.52 Å². The van der Waals surface area contributed by atoms with Gasteiger partial charge in [-0.1, -0.05) is 0 Å². The van der Waals surface area contributed by atoms with Gasteiger partial charge in [0.25, 0.3) is 0 Å². The van der Waals surface area contributed by atoms with Crippen molar-refractivity contribution in [3.63, 3.8) is 0 Å². The molecule has 132 valence electrons. The number of hydrogen-bond donors (Lipinski definition) is 1. The minimum atomic E-state index is -0.402. The van der Waals surface area contributed by atoms with Crippen molar-refractivity contribution in [2.45, 2.75) is 19.9 Å². The first-order valence-electron chi connectivity index (χ1n) is 7.31. The number of fused-ring (bicyclic) bond motifs is 1. The number of imidazole rings is 1. The van der Waals surface area contributed by atoms with Gasteiger partial charge in [-0.05, 0) is 58.0 Å². The number of benzene rings is 1. The van der Waals surface area contributed by atoms with E-state index >= 15 is 0 Å². The standard InChI is InChI=1S/C14H19Br2N5O2S/c1-8(2)20-10-6-9(15)11(16)13(21(22)23)12(10)18-14(20)19(5-4-17)7-24-3/h6,8H,4-5,7,17H2,1-3H3. The average molecular weight is 481 g/mol. The van der Waals surface area contributed by atoms with E-state index in [4.69, 9.17) is 5.73 Å². The number of nitro groups is 1. The molecule has 0 atom stereocenters. The molecule has 0 unspecified atom stereocenters. The van der Waals surface area contributed by atoms with Crippen molar-refractivity contribution in [3.05, 3.63) is 25.1 Å². The summed E-state index contributed by atoms with van der Waals surface area (Å²) >= 11 is 8.35. The van der Waals surface area contributed by atoms with E-state index in [2.05, 4.69) is 41.7 Å². The molecule has 0 spiro atoms. The smallest absolute Gasteiger partial charge is 0.312 e. The lowest BCUT2D eigenvalue weighted by Gasteiger charge is -2.24. The van der Waals surface area contributed by atoms with Crippen LogP contribution in [0.5, 0.6) is 0 Å².